The van der Waals surface area contributed by atoms with Crippen molar-refractivity contribution in [3.63, 3.8) is 0 Å². The minimum absolute atomic E-state index is 0.0000740. The second-order valence-corrected chi connectivity index (χ2v) is 5.83. The van der Waals surface area contributed by atoms with Gasteiger partial charge in [0.2, 0.25) is 5.54 Å². The standard InChI is InChI=1S/C17H17F2N5O3/c1-9-8-10(4-5-11(9)27-14(18)19)17(13(25)24(2)15(20)23-17)12-6-7-21-16(22-12)26-3/h4-8,14H,1-3H3,(H2,20,23). The lowest BCUT2D eigenvalue weighted by Gasteiger charge is -2.25. The fraction of sp³-hybridized carbons (Fsp3) is 0.294. The zero-order valence-electron chi connectivity index (χ0n) is 14.8. The van der Waals surface area contributed by atoms with Gasteiger partial charge in [-0.15, -0.1) is 0 Å². The Morgan fingerprint density at radius 2 is 2.04 bits per heavy atom. The molecule has 142 valence electrons. The van der Waals surface area contributed by atoms with Crippen molar-refractivity contribution in [1.29, 1.82) is 0 Å². The Labute approximate surface area is 153 Å². The van der Waals surface area contributed by atoms with Crippen molar-refractivity contribution in [2.45, 2.75) is 19.1 Å². The average Bonchev–Trinajstić information content (AvgIpc) is 2.88. The molecule has 1 atom stereocenters. The number of carbonyl (C=O) groups excluding carboxylic acids is 1. The van der Waals surface area contributed by atoms with Gasteiger partial charge >= 0.3 is 12.6 Å². The molecule has 2 aromatic rings. The molecule has 2 N–H and O–H groups in total. The van der Waals surface area contributed by atoms with E-state index in [2.05, 4.69) is 19.7 Å². The van der Waals surface area contributed by atoms with E-state index in [1.807, 2.05) is 0 Å². The van der Waals surface area contributed by atoms with Gasteiger partial charge in [-0.3, -0.25) is 9.69 Å². The summed E-state index contributed by atoms with van der Waals surface area (Å²) in [6.45, 7) is -1.37. The Morgan fingerprint density at radius 1 is 1.30 bits per heavy atom. The number of amides is 1. The third-order valence-electron chi connectivity index (χ3n) is 4.24. The summed E-state index contributed by atoms with van der Waals surface area (Å²) >= 11 is 0. The number of nitrogens with zero attached hydrogens (tertiary/aromatic N) is 4. The van der Waals surface area contributed by atoms with Crippen LogP contribution in [0.1, 0.15) is 16.8 Å². The quantitative estimate of drug-likeness (QED) is 0.846. The number of hydrogen-bond donors (Lipinski definition) is 1. The van der Waals surface area contributed by atoms with Crippen molar-refractivity contribution in [3.8, 4) is 11.8 Å². The van der Waals surface area contributed by atoms with Crippen LogP contribution in [-0.4, -0.2) is 47.5 Å². The number of aromatic nitrogens is 2. The first-order valence-corrected chi connectivity index (χ1v) is 7.86. The van der Waals surface area contributed by atoms with Crippen LogP contribution < -0.4 is 15.2 Å². The monoisotopic (exact) mass is 377 g/mol. The maximum absolute atomic E-state index is 13.1. The van der Waals surface area contributed by atoms with Crippen molar-refractivity contribution >= 4 is 11.9 Å². The molecule has 1 unspecified atom stereocenters. The number of rotatable bonds is 5. The first-order chi connectivity index (χ1) is 12.8. The van der Waals surface area contributed by atoms with Gasteiger partial charge in [-0.2, -0.15) is 13.8 Å². The van der Waals surface area contributed by atoms with Crippen molar-refractivity contribution < 1.29 is 23.0 Å². The predicted octanol–water partition coefficient (Wildman–Crippen LogP) is 1.43. The van der Waals surface area contributed by atoms with E-state index in [1.165, 1.54) is 43.5 Å². The lowest BCUT2D eigenvalue weighted by molar-refractivity contribution is -0.129. The van der Waals surface area contributed by atoms with Crippen LogP contribution in [0.3, 0.4) is 0 Å². The summed E-state index contributed by atoms with van der Waals surface area (Å²) in [6, 6.07) is 5.95. The molecule has 0 radical (unpaired) electrons. The molecular weight excluding hydrogens is 360 g/mol. The fourth-order valence-corrected chi connectivity index (χ4v) is 2.89. The number of benzene rings is 1. The van der Waals surface area contributed by atoms with Gasteiger partial charge < -0.3 is 15.2 Å². The summed E-state index contributed by atoms with van der Waals surface area (Å²) in [4.78, 5) is 26.8. The molecule has 0 spiro atoms. The molecule has 0 aliphatic carbocycles. The molecule has 0 fully saturated rings. The number of aliphatic imine (C=N–C) groups is 1. The number of aryl methyl sites for hydroxylation is 1. The highest BCUT2D eigenvalue weighted by Crippen LogP contribution is 2.40. The Morgan fingerprint density at radius 3 is 2.59 bits per heavy atom. The first kappa shape index (κ1) is 18.5. The molecule has 3 rings (SSSR count). The Bertz CT molecular complexity index is 921. The minimum atomic E-state index is -2.96. The van der Waals surface area contributed by atoms with Crippen LogP contribution >= 0.6 is 0 Å². The van der Waals surface area contributed by atoms with Crippen LogP contribution in [0.15, 0.2) is 35.5 Å². The van der Waals surface area contributed by atoms with Crippen LogP contribution in [-0.2, 0) is 10.3 Å². The smallest absolute Gasteiger partial charge is 0.387 e. The van der Waals surface area contributed by atoms with Crippen LogP contribution in [0.25, 0.3) is 0 Å². The Kier molecular flexibility index (Phi) is 4.64. The minimum Gasteiger partial charge on any atom is -0.467 e. The van der Waals surface area contributed by atoms with Crippen molar-refractivity contribution in [1.82, 2.24) is 14.9 Å². The molecule has 0 saturated carbocycles. The number of halogens is 2. The second kappa shape index (κ2) is 6.78. The number of guanidine groups is 1. The van der Waals surface area contributed by atoms with E-state index >= 15 is 0 Å². The summed E-state index contributed by atoms with van der Waals surface area (Å²) in [5, 5.41) is 0. The molecule has 27 heavy (non-hydrogen) atoms. The fourth-order valence-electron chi connectivity index (χ4n) is 2.89. The summed E-state index contributed by atoms with van der Waals surface area (Å²) in [7, 11) is 2.88. The van der Waals surface area contributed by atoms with E-state index < -0.39 is 18.1 Å². The third-order valence-corrected chi connectivity index (χ3v) is 4.24. The van der Waals surface area contributed by atoms with E-state index in [4.69, 9.17) is 10.5 Å². The van der Waals surface area contributed by atoms with E-state index in [1.54, 1.807) is 13.0 Å². The van der Waals surface area contributed by atoms with E-state index in [0.29, 0.717) is 11.1 Å². The number of ether oxygens (including phenoxy) is 2. The molecule has 1 aromatic carbocycles. The lowest BCUT2D eigenvalue weighted by Crippen LogP contribution is -2.41. The Balaban J connectivity index is 2.20. The van der Waals surface area contributed by atoms with Crippen LogP contribution in [0, 0.1) is 6.92 Å². The molecule has 1 amide bonds. The molecule has 8 nitrogen and oxygen atoms in total. The molecular formula is C17H17F2N5O3. The predicted molar refractivity (Wildman–Crippen MR) is 91.6 cm³/mol. The van der Waals surface area contributed by atoms with Gasteiger partial charge in [-0.1, -0.05) is 6.07 Å². The zero-order chi connectivity index (χ0) is 19.8. The van der Waals surface area contributed by atoms with Gasteiger partial charge in [0.05, 0.1) is 12.8 Å². The highest BCUT2D eigenvalue weighted by molar-refractivity contribution is 6.08. The van der Waals surface area contributed by atoms with E-state index in [9.17, 15) is 13.6 Å². The van der Waals surface area contributed by atoms with Crippen molar-refractivity contribution in [3.05, 3.63) is 47.3 Å². The van der Waals surface area contributed by atoms with Gasteiger partial charge in [0.1, 0.15) is 5.75 Å². The number of likely N-dealkylation sites (N-methyl/N-ethyl adjacent to an activating group) is 1. The number of hydrogen-bond acceptors (Lipinski definition) is 7. The van der Waals surface area contributed by atoms with E-state index in [-0.39, 0.29) is 23.4 Å². The molecule has 0 saturated heterocycles. The molecule has 0 bridgehead atoms. The summed E-state index contributed by atoms with van der Waals surface area (Å²) in [5.74, 6) is -0.439. The topological polar surface area (TPSA) is 103 Å². The van der Waals surface area contributed by atoms with Crippen molar-refractivity contribution in [2.75, 3.05) is 14.2 Å². The molecule has 10 heteroatoms. The van der Waals surface area contributed by atoms with Gasteiger partial charge in [0, 0.05) is 13.2 Å². The molecule has 1 aliphatic rings. The highest BCUT2D eigenvalue weighted by Gasteiger charge is 2.51. The van der Waals surface area contributed by atoms with Crippen LogP contribution in [0.5, 0.6) is 11.8 Å². The summed E-state index contributed by atoms with van der Waals surface area (Å²) < 4.78 is 34.6. The van der Waals surface area contributed by atoms with E-state index in [0.717, 1.165) is 0 Å². The number of alkyl halides is 2. The lowest BCUT2D eigenvalue weighted by atomic mass is 9.85. The number of carbonyl (C=O) groups is 1. The van der Waals surface area contributed by atoms with Gasteiger partial charge in [-0.05, 0) is 36.2 Å². The van der Waals surface area contributed by atoms with Gasteiger partial charge in [0.15, 0.2) is 5.96 Å². The average molecular weight is 377 g/mol. The SMILES string of the molecule is COc1nccc(C2(c3ccc(OC(F)F)c(C)c3)N=C(N)N(C)C2=O)n1. The maximum Gasteiger partial charge on any atom is 0.387 e. The zero-order valence-corrected chi connectivity index (χ0v) is 14.8. The normalized spacial score (nSPS) is 19.4. The largest absolute Gasteiger partial charge is 0.467 e. The summed E-state index contributed by atoms with van der Waals surface area (Å²) in [5.41, 5.74) is 5.35. The van der Waals surface area contributed by atoms with Gasteiger partial charge in [0.25, 0.3) is 5.91 Å². The third kappa shape index (κ3) is 3.03. The number of nitrogens with two attached hydrogens (primary N) is 1. The molecule has 1 aliphatic heterocycles. The second-order valence-electron chi connectivity index (χ2n) is 5.83. The maximum atomic E-state index is 13.1. The van der Waals surface area contributed by atoms with Gasteiger partial charge in [-0.25, -0.2) is 9.98 Å². The van der Waals surface area contributed by atoms with Crippen LogP contribution in [0.2, 0.25) is 0 Å². The highest BCUT2D eigenvalue weighted by atomic mass is 19.3. The van der Waals surface area contributed by atoms with Crippen molar-refractivity contribution in [2.24, 2.45) is 10.7 Å². The first-order valence-electron chi connectivity index (χ1n) is 7.86. The van der Waals surface area contributed by atoms with Crippen LogP contribution in [0.4, 0.5) is 8.78 Å². The number of methoxy groups -OCH3 is 1. The molecule has 1 aromatic heterocycles. The Hall–Kier alpha value is -3.30. The summed E-state index contributed by atoms with van der Waals surface area (Å²) in [6.07, 6.45) is 1.43. The molecule has 2 heterocycles.